The van der Waals surface area contributed by atoms with Crippen LogP contribution in [0.25, 0.3) is 0 Å². The minimum Gasteiger partial charge on any atom is -0.483 e. The van der Waals surface area contributed by atoms with Crippen molar-refractivity contribution < 1.29 is 14.3 Å². The van der Waals surface area contributed by atoms with Crippen LogP contribution in [-0.4, -0.2) is 24.0 Å². The maximum Gasteiger partial charge on any atom is 0.277 e. The number of ketones is 1. The van der Waals surface area contributed by atoms with E-state index in [0.29, 0.717) is 35.7 Å². The molecule has 0 saturated heterocycles. The van der Waals surface area contributed by atoms with Gasteiger partial charge in [0, 0.05) is 23.6 Å². The summed E-state index contributed by atoms with van der Waals surface area (Å²) in [4.78, 5) is 23.5. The summed E-state index contributed by atoms with van der Waals surface area (Å²) in [5, 5.41) is 4.69. The van der Waals surface area contributed by atoms with Gasteiger partial charge in [0.25, 0.3) is 5.91 Å². The van der Waals surface area contributed by atoms with Crippen LogP contribution < -0.4 is 10.2 Å². The molecule has 0 bridgehead atoms. The quantitative estimate of drug-likeness (QED) is 0.858. The van der Waals surface area contributed by atoms with Crippen LogP contribution in [0.2, 0.25) is 5.02 Å². The second-order valence-corrected chi connectivity index (χ2v) is 7.08. The largest absolute Gasteiger partial charge is 0.483 e. The Morgan fingerprint density at radius 2 is 2.13 bits per heavy atom. The van der Waals surface area contributed by atoms with E-state index in [1.807, 2.05) is 20.8 Å². The third kappa shape index (κ3) is 5.36. The Balaban J connectivity index is 1.87. The van der Waals surface area contributed by atoms with Crippen molar-refractivity contribution in [1.82, 2.24) is 5.43 Å². The van der Waals surface area contributed by atoms with E-state index in [1.165, 1.54) is 0 Å². The van der Waals surface area contributed by atoms with E-state index in [0.717, 1.165) is 5.56 Å². The molecule has 0 atom stereocenters. The molecule has 1 N–H and O–H groups in total. The van der Waals surface area contributed by atoms with Gasteiger partial charge in [-0.05, 0) is 42.5 Å². The first-order chi connectivity index (χ1) is 10.7. The number of hydrazone groups is 1. The molecule has 23 heavy (non-hydrogen) atoms. The zero-order valence-electron chi connectivity index (χ0n) is 13.6. The lowest BCUT2D eigenvalue weighted by Gasteiger charge is -2.28. The summed E-state index contributed by atoms with van der Waals surface area (Å²) in [6.45, 7) is 5.76. The molecule has 1 aromatic rings. The lowest BCUT2D eigenvalue weighted by Crippen LogP contribution is -2.32. The van der Waals surface area contributed by atoms with Crippen LogP contribution >= 0.6 is 11.6 Å². The van der Waals surface area contributed by atoms with Gasteiger partial charge in [-0.25, -0.2) is 5.43 Å². The Kier molecular flexibility index (Phi) is 5.42. The first-order valence-corrected chi connectivity index (χ1v) is 7.88. The average molecular weight is 337 g/mol. The number of ether oxygens (including phenoxy) is 1. The normalized spacial score (nSPS) is 18.8. The van der Waals surface area contributed by atoms with Crippen LogP contribution in [0.1, 0.15) is 38.7 Å². The van der Waals surface area contributed by atoms with Crippen LogP contribution in [-0.2, 0) is 9.59 Å². The van der Waals surface area contributed by atoms with Crippen molar-refractivity contribution in [3.63, 3.8) is 0 Å². The fraction of sp³-hybridized carbons (Fsp3) is 0.471. The number of hydrogen-bond acceptors (Lipinski definition) is 4. The molecule has 1 aliphatic carbocycles. The average Bonchev–Trinajstić information content (AvgIpc) is 2.42. The highest BCUT2D eigenvalue weighted by atomic mass is 35.5. The van der Waals surface area contributed by atoms with Crippen LogP contribution in [0.4, 0.5) is 0 Å². The van der Waals surface area contributed by atoms with Crippen LogP contribution in [0.3, 0.4) is 0 Å². The fourth-order valence-electron chi connectivity index (χ4n) is 2.67. The van der Waals surface area contributed by atoms with E-state index in [2.05, 4.69) is 10.5 Å². The number of carbonyl (C=O) groups excluding carboxylic acids is 2. The zero-order valence-corrected chi connectivity index (χ0v) is 14.4. The van der Waals surface area contributed by atoms with Crippen LogP contribution in [0.5, 0.6) is 5.75 Å². The molecule has 1 aromatic carbocycles. The summed E-state index contributed by atoms with van der Waals surface area (Å²) < 4.78 is 5.45. The van der Waals surface area contributed by atoms with Gasteiger partial charge in [-0.3, -0.25) is 9.59 Å². The fourth-order valence-corrected chi connectivity index (χ4v) is 2.90. The van der Waals surface area contributed by atoms with E-state index in [9.17, 15) is 9.59 Å². The van der Waals surface area contributed by atoms with Gasteiger partial charge in [0.15, 0.2) is 6.61 Å². The van der Waals surface area contributed by atoms with Crippen molar-refractivity contribution in [2.75, 3.05) is 6.61 Å². The van der Waals surface area contributed by atoms with E-state index in [1.54, 1.807) is 18.2 Å². The number of halogens is 1. The summed E-state index contributed by atoms with van der Waals surface area (Å²) in [6, 6.07) is 5.20. The highest BCUT2D eigenvalue weighted by Gasteiger charge is 2.30. The minimum absolute atomic E-state index is 0.101. The maximum atomic E-state index is 11.8. The highest BCUT2D eigenvalue weighted by molar-refractivity contribution is 6.30. The zero-order chi connectivity index (χ0) is 17.0. The number of nitrogens with zero attached hydrogens (tertiary/aromatic N) is 1. The molecule has 124 valence electrons. The summed E-state index contributed by atoms with van der Waals surface area (Å²) in [5.41, 5.74) is 3.92. The third-order valence-electron chi connectivity index (χ3n) is 3.59. The van der Waals surface area contributed by atoms with Gasteiger partial charge >= 0.3 is 0 Å². The number of rotatable bonds is 4. The Morgan fingerprint density at radius 1 is 1.39 bits per heavy atom. The van der Waals surface area contributed by atoms with Crippen molar-refractivity contribution in [2.24, 2.45) is 10.5 Å². The van der Waals surface area contributed by atoms with Crippen molar-refractivity contribution >= 4 is 29.0 Å². The molecule has 2 rings (SSSR count). The van der Waals surface area contributed by atoms with Gasteiger partial charge in [0.1, 0.15) is 11.5 Å². The molecule has 0 aliphatic heterocycles. The second-order valence-electron chi connectivity index (χ2n) is 6.64. The summed E-state index contributed by atoms with van der Waals surface area (Å²) in [6.07, 6.45) is 1.57. The van der Waals surface area contributed by atoms with Gasteiger partial charge in [0.05, 0.1) is 0 Å². The van der Waals surface area contributed by atoms with Crippen molar-refractivity contribution in [3.8, 4) is 5.75 Å². The van der Waals surface area contributed by atoms with E-state index in [4.69, 9.17) is 16.3 Å². The number of Topliss-reactive ketones (excluding diaryl/α,β-unsaturated/α-hetero) is 1. The van der Waals surface area contributed by atoms with E-state index in [-0.39, 0.29) is 23.7 Å². The molecule has 0 unspecified atom stereocenters. The highest BCUT2D eigenvalue weighted by Crippen LogP contribution is 2.31. The Labute approximate surface area is 141 Å². The Bertz CT molecular complexity index is 653. The molecule has 1 amide bonds. The Hall–Kier alpha value is -1.88. The SMILES string of the molecule is Cc1cc(Cl)ccc1OCC(=O)N/N=C1/CC(=O)CC(C)(C)C1. The van der Waals surface area contributed by atoms with Crippen LogP contribution in [0, 0.1) is 12.3 Å². The number of aryl methyl sites for hydroxylation is 1. The molecular formula is C17H21ClN2O3. The van der Waals surface area contributed by atoms with Gasteiger partial charge in [0.2, 0.25) is 0 Å². The molecule has 6 heteroatoms. The van der Waals surface area contributed by atoms with Crippen LogP contribution in [0.15, 0.2) is 23.3 Å². The van der Waals surface area contributed by atoms with Gasteiger partial charge in [-0.1, -0.05) is 25.4 Å². The second kappa shape index (κ2) is 7.13. The van der Waals surface area contributed by atoms with Gasteiger partial charge < -0.3 is 4.74 Å². The molecule has 0 aromatic heterocycles. The van der Waals surface area contributed by atoms with Gasteiger partial charge in [-0.2, -0.15) is 5.10 Å². The predicted octanol–water partition coefficient (Wildman–Crippen LogP) is 3.28. The Morgan fingerprint density at radius 3 is 2.78 bits per heavy atom. The first kappa shape index (κ1) is 17.5. The number of nitrogens with one attached hydrogen (secondary N) is 1. The molecule has 1 aliphatic rings. The molecule has 0 spiro atoms. The summed E-state index contributed by atoms with van der Waals surface area (Å²) in [7, 11) is 0. The maximum absolute atomic E-state index is 11.8. The number of carbonyl (C=O) groups is 2. The van der Waals surface area contributed by atoms with E-state index >= 15 is 0 Å². The summed E-state index contributed by atoms with van der Waals surface area (Å²) >= 11 is 5.87. The molecule has 0 radical (unpaired) electrons. The van der Waals surface area contributed by atoms with Crippen molar-refractivity contribution in [2.45, 2.75) is 40.0 Å². The smallest absolute Gasteiger partial charge is 0.277 e. The van der Waals surface area contributed by atoms with Gasteiger partial charge in [-0.15, -0.1) is 0 Å². The monoisotopic (exact) mass is 336 g/mol. The summed E-state index contributed by atoms with van der Waals surface area (Å²) in [5.74, 6) is 0.399. The lowest BCUT2D eigenvalue weighted by atomic mass is 9.76. The third-order valence-corrected chi connectivity index (χ3v) is 3.83. The standard InChI is InChI=1S/C17H21ClN2O3/c1-11-6-12(18)4-5-15(11)23-10-16(22)20-19-13-7-14(21)9-17(2,3)8-13/h4-6H,7-10H2,1-3H3,(H,20,22)/b19-13-. The minimum atomic E-state index is -0.359. The molecule has 0 heterocycles. The molecule has 1 saturated carbocycles. The molecule has 1 fully saturated rings. The number of amides is 1. The van der Waals surface area contributed by atoms with E-state index < -0.39 is 0 Å². The number of hydrogen-bond donors (Lipinski definition) is 1. The molecule has 5 nitrogen and oxygen atoms in total. The topological polar surface area (TPSA) is 67.8 Å². The van der Waals surface area contributed by atoms with Crippen molar-refractivity contribution in [1.29, 1.82) is 0 Å². The predicted molar refractivity (Wildman–Crippen MR) is 89.9 cm³/mol. The van der Waals surface area contributed by atoms with Crippen molar-refractivity contribution in [3.05, 3.63) is 28.8 Å². The lowest BCUT2D eigenvalue weighted by molar-refractivity contribution is -0.123. The molecular weight excluding hydrogens is 316 g/mol. The first-order valence-electron chi connectivity index (χ1n) is 7.50. The number of benzene rings is 1.